The summed E-state index contributed by atoms with van der Waals surface area (Å²) in [6.07, 6.45) is 6.23. The lowest BCUT2D eigenvalue weighted by Crippen LogP contribution is -2.27. The van der Waals surface area contributed by atoms with Gasteiger partial charge in [0, 0.05) is 35.9 Å². The second-order valence-electron chi connectivity index (χ2n) is 8.32. The molecule has 0 saturated heterocycles. The molecule has 6 heteroatoms. The quantitative estimate of drug-likeness (QED) is 0.674. The van der Waals surface area contributed by atoms with Crippen molar-refractivity contribution >= 4 is 5.91 Å². The van der Waals surface area contributed by atoms with Gasteiger partial charge in [-0.05, 0) is 55.5 Å². The van der Waals surface area contributed by atoms with E-state index in [4.69, 9.17) is 14.5 Å². The third-order valence-electron chi connectivity index (χ3n) is 6.50. The second kappa shape index (κ2) is 7.76. The van der Waals surface area contributed by atoms with Crippen LogP contribution in [0.1, 0.15) is 51.8 Å². The highest BCUT2D eigenvalue weighted by Gasteiger charge is 2.26. The molecule has 3 aromatic rings. The van der Waals surface area contributed by atoms with Crippen LogP contribution in [0.15, 0.2) is 36.5 Å². The van der Waals surface area contributed by atoms with Crippen LogP contribution in [0.3, 0.4) is 0 Å². The van der Waals surface area contributed by atoms with Gasteiger partial charge in [0.1, 0.15) is 17.3 Å². The van der Waals surface area contributed by atoms with Crippen molar-refractivity contribution in [3.05, 3.63) is 64.6 Å². The molecule has 160 valence electrons. The average Bonchev–Trinajstić information content (AvgIpc) is 3.49. The van der Waals surface area contributed by atoms with Crippen LogP contribution >= 0.6 is 0 Å². The summed E-state index contributed by atoms with van der Waals surface area (Å²) in [6, 6.07) is 10.0. The molecule has 1 atom stereocenters. The zero-order chi connectivity index (χ0) is 21.5. The molecule has 1 aromatic heterocycles. The van der Waals surface area contributed by atoms with Crippen LogP contribution in [0.5, 0.6) is 11.5 Å². The first-order chi connectivity index (χ1) is 15.1. The summed E-state index contributed by atoms with van der Waals surface area (Å²) in [5.74, 6) is 2.33. The van der Waals surface area contributed by atoms with Gasteiger partial charge in [-0.25, -0.2) is 4.98 Å². The molecule has 0 radical (unpaired) electrons. The van der Waals surface area contributed by atoms with Crippen LogP contribution in [0.25, 0.3) is 11.3 Å². The van der Waals surface area contributed by atoms with Crippen molar-refractivity contribution in [2.45, 2.75) is 45.2 Å². The molecule has 5 rings (SSSR count). The van der Waals surface area contributed by atoms with E-state index in [9.17, 15) is 4.79 Å². The number of hydrogen-bond donors (Lipinski definition) is 1. The predicted molar refractivity (Wildman–Crippen MR) is 119 cm³/mol. The van der Waals surface area contributed by atoms with E-state index in [2.05, 4.69) is 34.3 Å². The summed E-state index contributed by atoms with van der Waals surface area (Å²) >= 11 is 0. The van der Waals surface area contributed by atoms with Gasteiger partial charge in [-0.2, -0.15) is 0 Å². The molecule has 1 amide bonds. The first-order valence-electron chi connectivity index (χ1n) is 10.8. The number of nitrogens with one attached hydrogen (secondary N) is 1. The van der Waals surface area contributed by atoms with E-state index in [0.29, 0.717) is 17.1 Å². The Morgan fingerprint density at radius 3 is 2.61 bits per heavy atom. The summed E-state index contributed by atoms with van der Waals surface area (Å²) in [5, 5.41) is 3.22. The molecule has 0 spiro atoms. The van der Waals surface area contributed by atoms with Gasteiger partial charge < -0.3 is 19.4 Å². The Morgan fingerprint density at radius 1 is 1.13 bits per heavy atom. The Bertz CT molecular complexity index is 1120. The molecule has 0 fully saturated rings. The Morgan fingerprint density at radius 2 is 1.90 bits per heavy atom. The zero-order valence-electron chi connectivity index (χ0n) is 18.2. The number of amides is 1. The van der Waals surface area contributed by atoms with E-state index >= 15 is 0 Å². The number of aryl methyl sites for hydroxylation is 3. The van der Waals surface area contributed by atoms with Gasteiger partial charge in [-0.3, -0.25) is 4.79 Å². The van der Waals surface area contributed by atoms with E-state index in [1.807, 2.05) is 6.92 Å². The van der Waals surface area contributed by atoms with Gasteiger partial charge in [-0.15, -0.1) is 0 Å². The van der Waals surface area contributed by atoms with Gasteiger partial charge in [-0.1, -0.05) is 12.1 Å². The first kappa shape index (κ1) is 19.7. The lowest BCUT2D eigenvalue weighted by atomic mass is 10.0. The molecular formula is C25H27N3O3. The smallest absolute Gasteiger partial charge is 0.252 e. The number of aromatic nitrogens is 2. The second-order valence-corrected chi connectivity index (χ2v) is 8.32. The average molecular weight is 418 g/mol. The van der Waals surface area contributed by atoms with Crippen LogP contribution in [0, 0.1) is 6.92 Å². The summed E-state index contributed by atoms with van der Waals surface area (Å²) in [4.78, 5) is 17.9. The highest BCUT2D eigenvalue weighted by atomic mass is 16.5. The van der Waals surface area contributed by atoms with Crippen LogP contribution in [0.4, 0.5) is 0 Å². The van der Waals surface area contributed by atoms with Crippen molar-refractivity contribution in [3.8, 4) is 22.8 Å². The molecule has 0 bridgehead atoms. The van der Waals surface area contributed by atoms with Crippen molar-refractivity contribution in [1.29, 1.82) is 0 Å². The molecule has 2 aliphatic rings. The summed E-state index contributed by atoms with van der Waals surface area (Å²) in [5.41, 5.74) is 6.02. The lowest BCUT2D eigenvalue weighted by Gasteiger charge is -2.17. The van der Waals surface area contributed by atoms with E-state index in [1.165, 1.54) is 23.4 Å². The fourth-order valence-corrected chi connectivity index (χ4v) is 4.76. The minimum atomic E-state index is -0.124. The molecule has 2 aromatic carbocycles. The summed E-state index contributed by atoms with van der Waals surface area (Å²) in [7, 11) is 3.20. The van der Waals surface area contributed by atoms with E-state index in [1.54, 1.807) is 26.4 Å². The molecule has 1 N–H and O–H groups in total. The van der Waals surface area contributed by atoms with Gasteiger partial charge >= 0.3 is 0 Å². The number of fused-ring (bicyclic) bond motifs is 2. The number of imidazole rings is 1. The topological polar surface area (TPSA) is 65.4 Å². The highest BCUT2D eigenvalue weighted by Crippen LogP contribution is 2.36. The van der Waals surface area contributed by atoms with Crippen LogP contribution in [0.2, 0.25) is 0 Å². The number of carbonyl (C=O) groups is 1. The molecule has 1 unspecified atom stereocenters. The Labute approximate surface area is 182 Å². The van der Waals surface area contributed by atoms with Crippen molar-refractivity contribution in [2.75, 3.05) is 14.2 Å². The summed E-state index contributed by atoms with van der Waals surface area (Å²) < 4.78 is 13.1. The van der Waals surface area contributed by atoms with Crippen molar-refractivity contribution in [1.82, 2.24) is 14.9 Å². The third-order valence-corrected chi connectivity index (χ3v) is 6.50. The van der Waals surface area contributed by atoms with Crippen LogP contribution in [-0.4, -0.2) is 29.7 Å². The number of carbonyl (C=O) groups excluding carboxylic acids is 1. The van der Waals surface area contributed by atoms with Crippen molar-refractivity contribution in [3.63, 3.8) is 0 Å². The largest absolute Gasteiger partial charge is 0.496 e. The van der Waals surface area contributed by atoms with Gasteiger partial charge in [0.15, 0.2) is 0 Å². The number of hydrogen-bond acceptors (Lipinski definition) is 4. The zero-order valence-corrected chi connectivity index (χ0v) is 18.2. The molecule has 0 saturated carbocycles. The van der Waals surface area contributed by atoms with E-state index < -0.39 is 0 Å². The highest BCUT2D eigenvalue weighted by molar-refractivity contribution is 5.95. The maximum atomic E-state index is 13.1. The maximum Gasteiger partial charge on any atom is 0.252 e. The van der Waals surface area contributed by atoms with E-state index in [0.717, 1.165) is 42.6 Å². The summed E-state index contributed by atoms with van der Waals surface area (Å²) in [6.45, 7) is 2.97. The Balaban J connectivity index is 1.40. The van der Waals surface area contributed by atoms with Gasteiger partial charge in [0.2, 0.25) is 0 Å². The van der Waals surface area contributed by atoms with Crippen LogP contribution in [-0.2, 0) is 19.4 Å². The number of methoxy groups -OCH3 is 2. The van der Waals surface area contributed by atoms with Crippen molar-refractivity contribution < 1.29 is 14.3 Å². The fraction of sp³-hybridized carbons (Fsp3) is 0.360. The number of rotatable bonds is 5. The Kier molecular flexibility index (Phi) is 4.93. The SMILES string of the molecule is COc1cc(C(=O)NC2CCc3ccc(-c4cn5c(n4)CCC5)cc32)cc(OC)c1C. The van der Waals surface area contributed by atoms with E-state index in [-0.39, 0.29) is 11.9 Å². The van der Waals surface area contributed by atoms with Crippen LogP contribution < -0.4 is 14.8 Å². The lowest BCUT2D eigenvalue weighted by molar-refractivity contribution is 0.0936. The number of nitrogens with zero attached hydrogens (tertiary/aromatic N) is 2. The number of benzene rings is 2. The Hall–Kier alpha value is -3.28. The normalized spacial score (nSPS) is 16.7. The van der Waals surface area contributed by atoms with Gasteiger partial charge in [0.05, 0.1) is 26.0 Å². The molecular weight excluding hydrogens is 390 g/mol. The monoisotopic (exact) mass is 417 g/mol. The fourth-order valence-electron chi connectivity index (χ4n) is 4.76. The minimum absolute atomic E-state index is 0.0183. The molecule has 1 aliphatic heterocycles. The minimum Gasteiger partial charge on any atom is -0.496 e. The first-order valence-corrected chi connectivity index (χ1v) is 10.8. The third kappa shape index (κ3) is 3.46. The number of ether oxygens (including phenoxy) is 2. The molecule has 2 heterocycles. The molecule has 6 nitrogen and oxygen atoms in total. The molecule has 1 aliphatic carbocycles. The van der Waals surface area contributed by atoms with Gasteiger partial charge in [0.25, 0.3) is 5.91 Å². The maximum absolute atomic E-state index is 13.1. The predicted octanol–water partition coefficient (Wildman–Crippen LogP) is 4.24. The standard InChI is InChI=1S/C25H27N3O3/c1-15-22(30-2)12-18(13-23(15)31-3)25(29)27-20-9-8-16-6-7-17(11-19(16)20)21-14-28-10-4-5-24(28)26-21/h6-7,11-14,20H,4-5,8-10H2,1-3H3,(H,27,29). The van der Waals surface area contributed by atoms with Crippen molar-refractivity contribution in [2.24, 2.45) is 0 Å². The molecule has 31 heavy (non-hydrogen) atoms.